The zero-order valence-corrected chi connectivity index (χ0v) is 12.8. The first-order valence-electron chi connectivity index (χ1n) is 7.34. The van der Waals surface area contributed by atoms with Crippen molar-refractivity contribution in [1.82, 2.24) is 10.2 Å². The molecule has 2 aromatic rings. The fraction of sp³-hybridized carbons (Fsp3) is 0.412. The quantitative estimate of drug-likeness (QED) is 0.835. The van der Waals surface area contributed by atoms with Crippen LogP contribution in [-0.4, -0.2) is 24.5 Å². The SMILES string of the molecule is CN(Cc1cccs1)C(CNC1CC1)c1ccccc1. The van der Waals surface area contributed by atoms with Crippen LogP contribution < -0.4 is 5.32 Å². The van der Waals surface area contributed by atoms with Gasteiger partial charge in [0.1, 0.15) is 0 Å². The summed E-state index contributed by atoms with van der Waals surface area (Å²) in [6.07, 6.45) is 2.69. The number of rotatable bonds is 7. The Labute approximate surface area is 125 Å². The molecule has 2 nitrogen and oxygen atoms in total. The first kappa shape index (κ1) is 13.8. The van der Waals surface area contributed by atoms with Gasteiger partial charge in [0.25, 0.3) is 0 Å². The van der Waals surface area contributed by atoms with Crippen molar-refractivity contribution in [1.29, 1.82) is 0 Å². The summed E-state index contributed by atoms with van der Waals surface area (Å²) in [5, 5.41) is 5.83. The van der Waals surface area contributed by atoms with Gasteiger partial charge in [-0.2, -0.15) is 0 Å². The van der Waals surface area contributed by atoms with Crippen molar-refractivity contribution >= 4 is 11.3 Å². The van der Waals surface area contributed by atoms with Crippen molar-refractivity contribution in [2.75, 3.05) is 13.6 Å². The van der Waals surface area contributed by atoms with Gasteiger partial charge < -0.3 is 5.32 Å². The van der Waals surface area contributed by atoms with E-state index in [4.69, 9.17) is 0 Å². The van der Waals surface area contributed by atoms with Gasteiger partial charge in [-0.15, -0.1) is 11.3 Å². The summed E-state index contributed by atoms with van der Waals surface area (Å²) in [7, 11) is 2.23. The molecule has 0 aliphatic heterocycles. The maximum atomic E-state index is 3.68. The second kappa shape index (κ2) is 6.53. The third kappa shape index (κ3) is 3.69. The van der Waals surface area contributed by atoms with Gasteiger partial charge in [0.05, 0.1) is 0 Å². The standard InChI is InChI=1S/C17H22N2S/c1-19(13-16-8-5-11-20-16)17(12-18-15-9-10-15)14-6-3-2-4-7-14/h2-8,11,15,17-18H,9-10,12-13H2,1H3. The maximum absolute atomic E-state index is 3.68. The van der Waals surface area contributed by atoms with Gasteiger partial charge in [0, 0.05) is 30.1 Å². The van der Waals surface area contributed by atoms with Crippen LogP contribution >= 0.6 is 11.3 Å². The maximum Gasteiger partial charge on any atom is 0.0473 e. The Kier molecular flexibility index (Phi) is 4.51. The Morgan fingerprint density at radius 1 is 1.20 bits per heavy atom. The fourth-order valence-electron chi connectivity index (χ4n) is 2.53. The summed E-state index contributed by atoms with van der Waals surface area (Å²) >= 11 is 1.84. The summed E-state index contributed by atoms with van der Waals surface area (Å²) in [6.45, 7) is 2.06. The second-order valence-corrected chi connectivity index (χ2v) is 6.64. The van der Waals surface area contributed by atoms with E-state index < -0.39 is 0 Å². The molecule has 3 heteroatoms. The molecule has 1 aliphatic rings. The average molecular weight is 286 g/mol. The molecule has 3 rings (SSSR count). The number of thiophene rings is 1. The van der Waals surface area contributed by atoms with Crippen LogP contribution in [0.4, 0.5) is 0 Å². The average Bonchev–Trinajstić information content (AvgIpc) is 3.16. The summed E-state index contributed by atoms with van der Waals surface area (Å²) in [5.74, 6) is 0. The number of likely N-dealkylation sites (N-methyl/N-ethyl adjacent to an activating group) is 1. The van der Waals surface area contributed by atoms with Crippen LogP contribution in [0.15, 0.2) is 47.8 Å². The van der Waals surface area contributed by atoms with Gasteiger partial charge in [0.15, 0.2) is 0 Å². The highest BCUT2D eigenvalue weighted by Gasteiger charge is 2.24. The lowest BCUT2D eigenvalue weighted by Crippen LogP contribution is -2.33. The van der Waals surface area contributed by atoms with Gasteiger partial charge in [-0.3, -0.25) is 4.90 Å². The molecule has 1 aromatic carbocycles. The zero-order valence-electron chi connectivity index (χ0n) is 12.0. The van der Waals surface area contributed by atoms with Gasteiger partial charge >= 0.3 is 0 Å². The van der Waals surface area contributed by atoms with E-state index in [1.54, 1.807) is 0 Å². The summed E-state index contributed by atoms with van der Waals surface area (Å²) in [4.78, 5) is 3.89. The van der Waals surface area contributed by atoms with Crippen LogP contribution in [0.3, 0.4) is 0 Å². The molecule has 0 bridgehead atoms. The van der Waals surface area contributed by atoms with Gasteiger partial charge in [0.2, 0.25) is 0 Å². The molecular weight excluding hydrogens is 264 g/mol. The number of benzene rings is 1. The third-order valence-electron chi connectivity index (χ3n) is 3.88. The third-order valence-corrected chi connectivity index (χ3v) is 4.74. The molecule has 1 fully saturated rings. The predicted molar refractivity (Wildman–Crippen MR) is 86.0 cm³/mol. The number of nitrogens with one attached hydrogen (secondary N) is 1. The van der Waals surface area contributed by atoms with Crippen LogP contribution in [0.2, 0.25) is 0 Å². The van der Waals surface area contributed by atoms with E-state index in [2.05, 4.69) is 65.1 Å². The molecule has 0 amide bonds. The Hall–Kier alpha value is -1.16. The number of nitrogens with zero attached hydrogens (tertiary/aromatic N) is 1. The first-order valence-corrected chi connectivity index (χ1v) is 8.22. The molecule has 1 saturated carbocycles. The Morgan fingerprint density at radius 2 is 2.00 bits per heavy atom. The lowest BCUT2D eigenvalue weighted by Gasteiger charge is -2.28. The summed E-state index contributed by atoms with van der Waals surface area (Å²) in [6, 6.07) is 16.4. The first-order chi connectivity index (χ1) is 9.83. The largest absolute Gasteiger partial charge is 0.312 e. The van der Waals surface area contributed by atoms with Crippen LogP contribution in [0, 0.1) is 0 Å². The van der Waals surface area contributed by atoms with E-state index in [0.717, 1.165) is 19.1 Å². The van der Waals surface area contributed by atoms with Crippen molar-refractivity contribution in [3.63, 3.8) is 0 Å². The van der Waals surface area contributed by atoms with Crippen molar-refractivity contribution < 1.29 is 0 Å². The highest BCUT2D eigenvalue weighted by atomic mass is 32.1. The van der Waals surface area contributed by atoms with E-state index in [0.29, 0.717) is 6.04 Å². The minimum atomic E-state index is 0.443. The highest BCUT2D eigenvalue weighted by Crippen LogP contribution is 2.25. The van der Waals surface area contributed by atoms with E-state index in [1.807, 2.05) is 11.3 Å². The monoisotopic (exact) mass is 286 g/mol. The molecule has 0 spiro atoms. The van der Waals surface area contributed by atoms with Gasteiger partial charge in [-0.05, 0) is 36.9 Å². The topological polar surface area (TPSA) is 15.3 Å². The van der Waals surface area contributed by atoms with Gasteiger partial charge in [-0.1, -0.05) is 36.4 Å². The normalized spacial score (nSPS) is 16.5. The molecular formula is C17H22N2S. The number of hydrogen-bond donors (Lipinski definition) is 1. The van der Waals surface area contributed by atoms with E-state index in [1.165, 1.54) is 23.3 Å². The van der Waals surface area contributed by atoms with Crippen LogP contribution in [0.1, 0.15) is 29.3 Å². The molecule has 1 aromatic heterocycles. The van der Waals surface area contributed by atoms with E-state index >= 15 is 0 Å². The highest BCUT2D eigenvalue weighted by molar-refractivity contribution is 7.09. The molecule has 1 unspecified atom stereocenters. The molecule has 1 N–H and O–H groups in total. The molecule has 1 aliphatic carbocycles. The Bertz CT molecular complexity index is 505. The summed E-state index contributed by atoms with van der Waals surface area (Å²) < 4.78 is 0. The molecule has 20 heavy (non-hydrogen) atoms. The molecule has 1 atom stereocenters. The Balaban J connectivity index is 1.69. The van der Waals surface area contributed by atoms with Crippen molar-refractivity contribution in [3.05, 3.63) is 58.3 Å². The van der Waals surface area contributed by atoms with Crippen molar-refractivity contribution in [2.24, 2.45) is 0 Å². The van der Waals surface area contributed by atoms with Crippen molar-refractivity contribution in [2.45, 2.75) is 31.5 Å². The predicted octanol–water partition coefficient (Wildman–Crippen LogP) is 3.67. The summed E-state index contributed by atoms with van der Waals surface area (Å²) in [5.41, 5.74) is 1.40. The molecule has 0 saturated heterocycles. The van der Waals surface area contributed by atoms with Crippen molar-refractivity contribution in [3.8, 4) is 0 Å². The van der Waals surface area contributed by atoms with Crippen LogP contribution in [0.5, 0.6) is 0 Å². The fourth-order valence-corrected chi connectivity index (χ4v) is 3.29. The minimum absolute atomic E-state index is 0.443. The lowest BCUT2D eigenvalue weighted by molar-refractivity contribution is 0.231. The van der Waals surface area contributed by atoms with E-state index in [-0.39, 0.29) is 0 Å². The minimum Gasteiger partial charge on any atom is -0.312 e. The molecule has 106 valence electrons. The smallest absolute Gasteiger partial charge is 0.0473 e. The Morgan fingerprint density at radius 3 is 2.65 bits per heavy atom. The lowest BCUT2D eigenvalue weighted by atomic mass is 10.1. The second-order valence-electron chi connectivity index (χ2n) is 5.60. The van der Waals surface area contributed by atoms with Gasteiger partial charge in [-0.25, -0.2) is 0 Å². The number of hydrogen-bond acceptors (Lipinski definition) is 3. The molecule has 0 radical (unpaired) electrons. The van der Waals surface area contributed by atoms with Crippen LogP contribution in [0.25, 0.3) is 0 Å². The zero-order chi connectivity index (χ0) is 13.8. The molecule has 1 heterocycles. The van der Waals surface area contributed by atoms with Crippen LogP contribution in [-0.2, 0) is 6.54 Å². The van der Waals surface area contributed by atoms with E-state index in [9.17, 15) is 0 Å².